The zero-order valence-corrected chi connectivity index (χ0v) is 15.7. The molecule has 2 heteroatoms. The van der Waals surface area contributed by atoms with Gasteiger partial charge in [-0.2, -0.15) is 0 Å². The summed E-state index contributed by atoms with van der Waals surface area (Å²) < 4.78 is 6.66. The maximum absolute atomic E-state index is 6.66. The molecular formula is C21H41NO. The second-order valence-corrected chi connectivity index (χ2v) is 7.99. The van der Waals surface area contributed by atoms with Gasteiger partial charge in [-0.1, -0.05) is 70.6 Å². The molecule has 2 saturated carbocycles. The van der Waals surface area contributed by atoms with Crippen molar-refractivity contribution in [2.24, 2.45) is 0 Å². The average Bonchev–Trinajstić information content (AvgIpc) is 2.66. The van der Waals surface area contributed by atoms with Crippen molar-refractivity contribution >= 4 is 0 Å². The Bertz CT molecular complexity index is 271. The molecule has 2 unspecified atom stereocenters. The smallest absolute Gasteiger partial charge is 0.0579 e. The van der Waals surface area contributed by atoms with Crippen molar-refractivity contribution in [3.63, 3.8) is 0 Å². The predicted octanol–water partition coefficient (Wildman–Crippen LogP) is 5.99. The minimum absolute atomic E-state index is 0.523. The summed E-state index contributed by atoms with van der Waals surface area (Å²) in [4.78, 5) is 0. The van der Waals surface area contributed by atoms with Gasteiger partial charge in [0, 0.05) is 6.04 Å². The van der Waals surface area contributed by atoms with Crippen molar-refractivity contribution in [2.45, 2.75) is 127 Å². The van der Waals surface area contributed by atoms with Crippen LogP contribution in [0.4, 0.5) is 0 Å². The summed E-state index contributed by atoms with van der Waals surface area (Å²) in [5.74, 6) is 0. The van der Waals surface area contributed by atoms with Crippen LogP contribution < -0.4 is 5.32 Å². The Balaban J connectivity index is 1.82. The molecule has 0 bridgehead atoms. The van der Waals surface area contributed by atoms with E-state index in [9.17, 15) is 0 Å². The lowest BCUT2D eigenvalue weighted by Gasteiger charge is -2.26. The number of ether oxygens (including phenoxy) is 1. The molecule has 0 amide bonds. The van der Waals surface area contributed by atoms with Gasteiger partial charge in [-0.15, -0.1) is 0 Å². The molecule has 0 aromatic rings. The van der Waals surface area contributed by atoms with E-state index in [-0.39, 0.29) is 0 Å². The fourth-order valence-corrected chi connectivity index (χ4v) is 4.40. The molecule has 2 fully saturated rings. The summed E-state index contributed by atoms with van der Waals surface area (Å²) in [6.07, 6.45) is 24.5. The first kappa shape index (κ1) is 19.2. The van der Waals surface area contributed by atoms with Crippen LogP contribution in [0.1, 0.15) is 109 Å². The van der Waals surface area contributed by atoms with Gasteiger partial charge in [-0.05, 0) is 45.6 Å². The molecule has 2 rings (SSSR count). The minimum atomic E-state index is 0.523. The lowest BCUT2D eigenvalue weighted by Crippen LogP contribution is -2.28. The predicted molar refractivity (Wildman–Crippen MR) is 100.0 cm³/mol. The maximum Gasteiger partial charge on any atom is 0.0579 e. The highest BCUT2D eigenvalue weighted by Gasteiger charge is 2.19. The van der Waals surface area contributed by atoms with Gasteiger partial charge in [0.25, 0.3) is 0 Å². The lowest BCUT2D eigenvalue weighted by atomic mass is 10.0. The van der Waals surface area contributed by atoms with Gasteiger partial charge in [0.1, 0.15) is 0 Å². The van der Waals surface area contributed by atoms with Gasteiger partial charge in [-0.3, -0.25) is 0 Å². The normalized spacial score (nSPS) is 30.7. The number of hydrogen-bond acceptors (Lipinski definition) is 2. The molecule has 2 nitrogen and oxygen atoms in total. The first-order chi connectivity index (χ1) is 11.4. The second-order valence-electron chi connectivity index (χ2n) is 7.99. The van der Waals surface area contributed by atoms with Gasteiger partial charge < -0.3 is 10.1 Å². The standard InChI is InChI=1S/C21H41NO/c1-22-19-13-9-5-4-8-12-16-21(18-17-19)23-20-14-10-6-2-3-7-11-15-20/h19-22H,2-18H2,1H3. The molecule has 0 heterocycles. The van der Waals surface area contributed by atoms with Crippen LogP contribution in [-0.4, -0.2) is 25.3 Å². The Morgan fingerprint density at radius 1 is 0.522 bits per heavy atom. The van der Waals surface area contributed by atoms with Crippen molar-refractivity contribution in [3.05, 3.63) is 0 Å². The summed E-state index contributed by atoms with van der Waals surface area (Å²) in [7, 11) is 2.14. The highest BCUT2D eigenvalue weighted by molar-refractivity contribution is 4.72. The third-order valence-corrected chi connectivity index (χ3v) is 6.01. The molecule has 1 N–H and O–H groups in total. The van der Waals surface area contributed by atoms with Crippen LogP contribution in [-0.2, 0) is 4.74 Å². The summed E-state index contributed by atoms with van der Waals surface area (Å²) in [6, 6.07) is 0.708. The molecule has 0 radical (unpaired) electrons. The van der Waals surface area contributed by atoms with Crippen LogP contribution in [0.25, 0.3) is 0 Å². The first-order valence-corrected chi connectivity index (χ1v) is 10.7. The number of nitrogens with one attached hydrogen (secondary N) is 1. The molecule has 2 atom stereocenters. The van der Waals surface area contributed by atoms with Crippen molar-refractivity contribution in [1.29, 1.82) is 0 Å². The molecule has 23 heavy (non-hydrogen) atoms. The molecule has 2 aliphatic carbocycles. The van der Waals surface area contributed by atoms with E-state index in [4.69, 9.17) is 4.74 Å². The molecule has 0 spiro atoms. The Kier molecular flexibility index (Phi) is 10.3. The summed E-state index contributed by atoms with van der Waals surface area (Å²) in [5, 5.41) is 3.54. The minimum Gasteiger partial charge on any atom is -0.375 e. The van der Waals surface area contributed by atoms with Gasteiger partial charge >= 0.3 is 0 Å². The highest BCUT2D eigenvalue weighted by atomic mass is 16.5. The largest absolute Gasteiger partial charge is 0.375 e. The van der Waals surface area contributed by atoms with E-state index in [0.29, 0.717) is 18.2 Å². The summed E-state index contributed by atoms with van der Waals surface area (Å²) in [6.45, 7) is 0. The van der Waals surface area contributed by atoms with E-state index in [0.717, 1.165) is 0 Å². The van der Waals surface area contributed by atoms with Gasteiger partial charge in [0.15, 0.2) is 0 Å². The van der Waals surface area contributed by atoms with Gasteiger partial charge in [-0.25, -0.2) is 0 Å². The summed E-state index contributed by atoms with van der Waals surface area (Å²) in [5.41, 5.74) is 0. The average molecular weight is 324 g/mol. The Hall–Kier alpha value is -0.0800. The molecule has 0 aromatic carbocycles. The molecule has 0 aliphatic heterocycles. The second kappa shape index (κ2) is 12.3. The van der Waals surface area contributed by atoms with E-state index in [2.05, 4.69) is 12.4 Å². The van der Waals surface area contributed by atoms with E-state index < -0.39 is 0 Å². The fourth-order valence-electron chi connectivity index (χ4n) is 4.40. The molecule has 2 aliphatic rings. The van der Waals surface area contributed by atoms with E-state index in [1.165, 1.54) is 109 Å². The first-order valence-electron chi connectivity index (χ1n) is 10.7. The Labute approximate surface area is 145 Å². The van der Waals surface area contributed by atoms with E-state index >= 15 is 0 Å². The molecular weight excluding hydrogens is 282 g/mol. The zero-order valence-electron chi connectivity index (χ0n) is 15.7. The van der Waals surface area contributed by atoms with Crippen molar-refractivity contribution in [3.8, 4) is 0 Å². The highest BCUT2D eigenvalue weighted by Crippen LogP contribution is 2.25. The molecule has 0 aromatic heterocycles. The number of rotatable bonds is 3. The Morgan fingerprint density at radius 2 is 0.957 bits per heavy atom. The van der Waals surface area contributed by atoms with Crippen LogP contribution >= 0.6 is 0 Å². The van der Waals surface area contributed by atoms with Crippen molar-refractivity contribution < 1.29 is 4.74 Å². The van der Waals surface area contributed by atoms with Crippen LogP contribution in [0.3, 0.4) is 0 Å². The topological polar surface area (TPSA) is 21.3 Å². The van der Waals surface area contributed by atoms with Crippen molar-refractivity contribution in [2.75, 3.05) is 7.05 Å². The van der Waals surface area contributed by atoms with Crippen LogP contribution in [0.2, 0.25) is 0 Å². The maximum atomic E-state index is 6.66. The van der Waals surface area contributed by atoms with E-state index in [1.807, 2.05) is 0 Å². The van der Waals surface area contributed by atoms with E-state index in [1.54, 1.807) is 0 Å². The third kappa shape index (κ3) is 8.54. The zero-order chi connectivity index (χ0) is 16.2. The number of hydrogen-bond donors (Lipinski definition) is 1. The third-order valence-electron chi connectivity index (χ3n) is 6.01. The van der Waals surface area contributed by atoms with Crippen LogP contribution in [0.5, 0.6) is 0 Å². The van der Waals surface area contributed by atoms with Gasteiger partial charge in [0.05, 0.1) is 12.2 Å². The quantitative estimate of drug-likeness (QED) is 0.689. The SMILES string of the molecule is CNC1CCCCCCCC(OC2CCCCCCCC2)CC1. The van der Waals surface area contributed by atoms with Crippen molar-refractivity contribution in [1.82, 2.24) is 5.32 Å². The summed E-state index contributed by atoms with van der Waals surface area (Å²) >= 11 is 0. The molecule has 136 valence electrons. The molecule has 0 saturated heterocycles. The lowest BCUT2D eigenvalue weighted by molar-refractivity contribution is -0.0323. The van der Waals surface area contributed by atoms with Crippen LogP contribution in [0, 0.1) is 0 Å². The fraction of sp³-hybridized carbons (Fsp3) is 1.00. The van der Waals surface area contributed by atoms with Crippen LogP contribution in [0.15, 0.2) is 0 Å². The Morgan fingerprint density at radius 3 is 1.48 bits per heavy atom. The van der Waals surface area contributed by atoms with Gasteiger partial charge in [0.2, 0.25) is 0 Å². The monoisotopic (exact) mass is 323 g/mol.